The lowest BCUT2D eigenvalue weighted by molar-refractivity contribution is -0.127. The molecular weight excluding hydrogens is 507 g/mol. The fraction of sp³-hybridized carbons (Fsp3) is 0.484. The van der Waals surface area contributed by atoms with Crippen LogP contribution < -0.4 is 9.64 Å². The number of anilines is 1. The van der Waals surface area contributed by atoms with E-state index in [2.05, 4.69) is 33.4 Å². The van der Waals surface area contributed by atoms with Crippen molar-refractivity contribution in [3.63, 3.8) is 0 Å². The predicted molar refractivity (Wildman–Crippen MR) is 152 cm³/mol. The highest BCUT2D eigenvalue weighted by Gasteiger charge is 2.49. The molecule has 1 amide bonds. The van der Waals surface area contributed by atoms with Gasteiger partial charge in [0.1, 0.15) is 17.9 Å². The van der Waals surface area contributed by atoms with E-state index in [4.69, 9.17) is 9.72 Å². The van der Waals surface area contributed by atoms with Crippen molar-refractivity contribution in [3.8, 4) is 17.1 Å². The summed E-state index contributed by atoms with van der Waals surface area (Å²) in [4.78, 5) is 32.7. The molecule has 4 aliphatic rings. The van der Waals surface area contributed by atoms with Crippen LogP contribution in [0.1, 0.15) is 43.2 Å². The number of likely N-dealkylation sites (N-methyl/N-ethyl adjacent to an activating group) is 1. The number of hydrogen-bond acceptors (Lipinski definition) is 7. The summed E-state index contributed by atoms with van der Waals surface area (Å²) >= 11 is 0. The Hall–Kier alpha value is -3.59. The van der Waals surface area contributed by atoms with Crippen LogP contribution in [0.15, 0.2) is 37.2 Å². The van der Waals surface area contributed by atoms with Crippen molar-refractivity contribution in [2.24, 2.45) is 0 Å². The highest BCUT2D eigenvalue weighted by molar-refractivity contribution is 5.95. The van der Waals surface area contributed by atoms with Crippen molar-refractivity contribution in [2.45, 2.75) is 63.1 Å². The Morgan fingerprint density at radius 3 is 2.80 bits per heavy atom. The first-order chi connectivity index (χ1) is 19.5. The molecule has 8 nitrogen and oxygen atoms in total. The van der Waals surface area contributed by atoms with Crippen LogP contribution in [-0.4, -0.2) is 82.1 Å². The summed E-state index contributed by atoms with van der Waals surface area (Å²) in [6.45, 7) is 6.49. The van der Waals surface area contributed by atoms with Crippen molar-refractivity contribution < 1.29 is 13.9 Å². The molecule has 40 heavy (non-hydrogen) atoms. The van der Waals surface area contributed by atoms with Crippen LogP contribution in [0.25, 0.3) is 22.0 Å². The zero-order chi connectivity index (χ0) is 27.4. The fourth-order valence-corrected chi connectivity index (χ4v) is 7.12. The first-order valence-corrected chi connectivity index (χ1v) is 14.5. The van der Waals surface area contributed by atoms with Gasteiger partial charge in [-0.15, -0.1) is 0 Å². The normalized spacial score (nSPS) is 24.1. The molecule has 5 heterocycles. The van der Waals surface area contributed by atoms with Gasteiger partial charge in [-0.1, -0.05) is 12.6 Å². The van der Waals surface area contributed by atoms with Gasteiger partial charge in [-0.05, 0) is 81.8 Å². The molecule has 0 radical (unpaired) electrons. The van der Waals surface area contributed by atoms with E-state index < -0.39 is 0 Å². The second kappa shape index (κ2) is 10.1. The van der Waals surface area contributed by atoms with Crippen molar-refractivity contribution >= 4 is 22.6 Å². The lowest BCUT2D eigenvalue weighted by atomic mass is 9.87. The number of amides is 1. The van der Waals surface area contributed by atoms with Crippen molar-refractivity contribution in [2.75, 3.05) is 38.2 Å². The van der Waals surface area contributed by atoms with Gasteiger partial charge in [-0.3, -0.25) is 9.78 Å². The first-order valence-electron chi connectivity index (χ1n) is 14.5. The van der Waals surface area contributed by atoms with Crippen molar-refractivity contribution in [1.29, 1.82) is 0 Å². The summed E-state index contributed by atoms with van der Waals surface area (Å²) < 4.78 is 22.7. The number of halogens is 1. The minimum Gasteiger partial charge on any atom is -0.462 e. The van der Waals surface area contributed by atoms with Gasteiger partial charge in [-0.25, -0.2) is 4.39 Å². The second-order valence-electron chi connectivity index (χ2n) is 11.6. The highest BCUT2D eigenvalue weighted by Crippen LogP contribution is 2.41. The van der Waals surface area contributed by atoms with Gasteiger partial charge in [0.05, 0.1) is 12.1 Å². The van der Waals surface area contributed by atoms with Crippen molar-refractivity contribution in [1.82, 2.24) is 24.8 Å². The topological polar surface area (TPSA) is 74.7 Å². The second-order valence-corrected chi connectivity index (χ2v) is 11.6. The Labute approximate surface area is 233 Å². The molecule has 3 aromatic rings. The number of likely N-dealkylation sites (tertiary alicyclic amines) is 2. The van der Waals surface area contributed by atoms with Crippen LogP contribution in [0.3, 0.4) is 0 Å². The van der Waals surface area contributed by atoms with Gasteiger partial charge in [-0.2, -0.15) is 9.97 Å². The number of carbonyl (C=O) groups is 1. The van der Waals surface area contributed by atoms with Crippen LogP contribution in [0.4, 0.5) is 10.2 Å². The maximum absolute atomic E-state index is 16.5. The number of rotatable bonds is 6. The van der Waals surface area contributed by atoms with E-state index in [1.807, 2.05) is 23.2 Å². The van der Waals surface area contributed by atoms with Crippen LogP contribution >= 0.6 is 0 Å². The lowest BCUT2D eigenvalue weighted by Crippen LogP contribution is -2.63. The largest absolute Gasteiger partial charge is 0.462 e. The number of pyridine rings is 1. The summed E-state index contributed by atoms with van der Waals surface area (Å²) in [5.74, 6) is 0.268. The summed E-state index contributed by atoms with van der Waals surface area (Å²) in [5.41, 5.74) is 4.05. The van der Waals surface area contributed by atoms with E-state index in [0.29, 0.717) is 42.5 Å². The quantitative estimate of drug-likeness (QED) is 0.433. The van der Waals surface area contributed by atoms with Gasteiger partial charge >= 0.3 is 6.01 Å². The van der Waals surface area contributed by atoms with Gasteiger partial charge in [0, 0.05) is 48.0 Å². The average molecular weight is 543 g/mol. The third kappa shape index (κ3) is 4.13. The van der Waals surface area contributed by atoms with E-state index in [9.17, 15) is 4.79 Å². The van der Waals surface area contributed by atoms with E-state index in [-0.39, 0.29) is 35.3 Å². The number of carbonyl (C=O) groups excluding carboxylic acids is 1. The number of aryl methyl sites for hydroxylation is 1. The summed E-state index contributed by atoms with van der Waals surface area (Å²) in [5, 5.41) is 0.663. The van der Waals surface area contributed by atoms with Gasteiger partial charge in [0.2, 0.25) is 5.91 Å². The molecule has 208 valence electrons. The van der Waals surface area contributed by atoms with Crippen LogP contribution in [0.5, 0.6) is 6.01 Å². The van der Waals surface area contributed by atoms with Crippen molar-refractivity contribution in [3.05, 3.63) is 54.1 Å². The number of nitrogens with zero attached hydrogens (tertiary/aromatic N) is 6. The number of aromatic nitrogens is 3. The van der Waals surface area contributed by atoms with Crippen LogP contribution in [0.2, 0.25) is 0 Å². The van der Waals surface area contributed by atoms with Gasteiger partial charge in [0.15, 0.2) is 5.82 Å². The SMILES string of the molecule is C=CC(=O)N1CC[C@@H]2[C@H]1CN2c1nc(OCC2CCCN2C)nc2c(F)c(-c3cncc4c3CCCC4)ccc12. The molecule has 3 fully saturated rings. The lowest BCUT2D eigenvalue weighted by Gasteiger charge is -2.47. The summed E-state index contributed by atoms with van der Waals surface area (Å²) in [6, 6.07) is 4.52. The van der Waals surface area contributed by atoms with Gasteiger partial charge < -0.3 is 19.4 Å². The van der Waals surface area contributed by atoms with Crippen LogP contribution in [0, 0.1) is 5.82 Å². The molecule has 0 spiro atoms. The average Bonchev–Trinajstić information content (AvgIpc) is 3.53. The molecule has 9 heteroatoms. The Bertz CT molecular complexity index is 1490. The summed E-state index contributed by atoms with van der Waals surface area (Å²) in [7, 11) is 2.10. The number of hydrogen-bond donors (Lipinski definition) is 0. The van der Waals surface area contributed by atoms with Crippen LogP contribution in [-0.2, 0) is 17.6 Å². The molecule has 3 atom stereocenters. The molecule has 3 aliphatic heterocycles. The fourth-order valence-electron chi connectivity index (χ4n) is 7.12. The molecule has 0 bridgehead atoms. The maximum Gasteiger partial charge on any atom is 0.319 e. The predicted octanol–water partition coefficient (Wildman–Crippen LogP) is 4.16. The number of fused-ring (bicyclic) bond motifs is 3. The molecule has 1 aliphatic carbocycles. The molecule has 0 N–H and O–H groups in total. The Balaban J connectivity index is 1.29. The zero-order valence-corrected chi connectivity index (χ0v) is 23.0. The molecule has 0 saturated carbocycles. The monoisotopic (exact) mass is 542 g/mol. The third-order valence-electron chi connectivity index (χ3n) is 9.43. The van der Waals surface area contributed by atoms with E-state index in [1.54, 1.807) is 6.20 Å². The Morgan fingerprint density at radius 2 is 1.98 bits per heavy atom. The molecule has 3 saturated heterocycles. The highest BCUT2D eigenvalue weighted by atomic mass is 19.1. The number of ether oxygens (including phenoxy) is 1. The summed E-state index contributed by atoms with van der Waals surface area (Å²) in [6.07, 6.45) is 12.3. The first kappa shape index (κ1) is 25.4. The minimum atomic E-state index is -0.364. The van der Waals surface area contributed by atoms with Gasteiger partial charge in [0.25, 0.3) is 0 Å². The van der Waals surface area contributed by atoms with E-state index in [0.717, 1.165) is 57.1 Å². The maximum atomic E-state index is 16.5. The molecule has 2 aromatic heterocycles. The Morgan fingerprint density at radius 1 is 1.10 bits per heavy atom. The third-order valence-corrected chi connectivity index (χ3v) is 9.43. The zero-order valence-electron chi connectivity index (χ0n) is 23.0. The Kier molecular flexibility index (Phi) is 6.41. The molecule has 1 aromatic carbocycles. The standard InChI is InChI=1S/C31H35FN6O2/c1-3-27(39)37-14-12-25-26(37)17-38(25)30-23-11-10-22(24-16-33-15-19-7-4-5-9-21(19)24)28(32)29(23)34-31(35-30)40-18-20-8-6-13-36(20)2/h3,10-11,15-16,20,25-26H,1,4-9,12-14,17-18H2,2H3/t20?,25-,26-/m1/s1. The molecular formula is C31H35FN6O2. The smallest absolute Gasteiger partial charge is 0.319 e. The minimum absolute atomic E-state index is 0.0418. The van der Waals surface area contributed by atoms with E-state index in [1.165, 1.54) is 17.2 Å². The number of benzene rings is 1. The molecule has 7 rings (SSSR count). The van der Waals surface area contributed by atoms with E-state index >= 15 is 4.39 Å². The molecule has 1 unspecified atom stereocenters.